The molecule has 1 saturated heterocycles. The Bertz CT molecular complexity index is 663. The lowest BCUT2D eigenvalue weighted by Gasteiger charge is -2.41. The van der Waals surface area contributed by atoms with Crippen molar-refractivity contribution >= 4 is 27.1 Å². The minimum absolute atomic E-state index is 0.137. The second kappa shape index (κ2) is 4.46. The molecule has 0 aliphatic carbocycles. The van der Waals surface area contributed by atoms with Gasteiger partial charge in [0.25, 0.3) is 0 Å². The van der Waals surface area contributed by atoms with Gasteiger partial charge in [-0.05, 0) is 12.1 Å². The Morgan fingerprint density at radius 3 is 2.60 bits per heavy atom. The fourth-order valence-electron chi connectivity index (χ4n) is 2.69. The van der Waals surface area contributed by atoms with Gasteiger partial charge >= 0.3 is 0 Å². The summed E-state index contributed by atoms with van der Waals surface area (Å²) in [5, 5.41) is 5.98. The first-order valence-electron chi connectivity index (χ1n) is 6.43. The molecular weight excluding hydrogens is 280 g/mol. The number of fused-ring (bicyclic) bond motifs is 1. The third kappa shape index (κ3) is 2.06. The number of hydrogen-bond acceptors (Lipinski definition) is 5. The van der Waals surface area contributed by atoms with Crippen molar-refractivity contribution in [2.75, 3.05) is 30.1 Å². The molecule has 6 nitrogen and oxygen atoms in total. The van der Waals surface area contributed by atoms with Crippen LogP contribution in [0.1, 0.15) is 12.8 Å². The molecule has 2 heterocycles. The molecule has 1 aromatic carbocycles. The molecule has 2 aliphatic heterocycles. The van der Waals surface area contributed by atoms with Crippen LogP contribution in [0.2, 0.25) is 0 Å². The minimum atomic E-state index is -3.39. The molecule has 3 rings (SSSR count). The van der Waals surface area contributed by atoms with E-state index >= 15 is 0 Å². The highest BCUT2D eigenvalue weighted by atomic mass is 32.2. The lowest BCUT2D eigenvalue weighted by Crippen LogP contribution is -2.55. The van der Waals surface area contributed by atoms with Gasteiger partial charge in [0, 0.05) is 32.3 Å². The Labute approximate surface area is 117 Å². The van der Waals surface area contributed by atoms with E-state index in [-0.39, 0.29) is 10.8 Å². The maximum atomic E-state index is 12.4. The van der Waals surface area contributed by atoms with E-state index in [1.165, 1.54) is 6.07 Å². The Kier molecular flexibility index (Phi) is 2.98. The fourth-order valence-corrected chi connectivity index (χ4v) is 3.55. The number of ether oxygens (including phenoxy) is 1. The van der Waals surface area contributed by atoms with Crippen LogP contribution in [-0.2, 0) is 19.4 Å². The van der Waals surface area contributed by atoms with Gasteiger partial charge in [0.05, 0.1) is 16.3 Å². The van der Waals surface area contributed by atoms with Gasteiger partial charge in [0.2, 0.25) is 5.91 Å². The van der Waals surface area contributed by atoms with Gasteiger partial charge in [0.1, 0.15) is 5.54 Å². The van der Waals surface area contributed by atoms with E-state index in [1.807, 2.05) is 0 Å². The van der Waals surface area contributed by atoms with E-state index < -0.39 is 15.4 Å². The normalized spacial score (nSPS) is 20.9. The molecule has 108 valence electrons. The lowest BCUT2D eigenvalue weighted by molar-refractivity contribution is -0.123. The lowest BCUT2D eigenvalue weighted by atomic mass is 9.86. The summed E-state index contributed by atoms with van der Waals surface area (Å²) in [5.41, 5.74) is 0.299. The molecule has 2 N–H and O–H groups in total. The first-order valence-corrected chi connectivity index (χ1v) is 8.32. The second-order valence-electron chi connectivity index (χ2n) is 5.22. The molecule has 0 unspecified atom stereocenters. The molecule has 20 heavy (non-hydrogen) atoms. The zero-order valence-corrected chi connectivity index (χ0v) is 11.9. The maximum absolute atomic E-state index is 12.4. The Morgan fingerprint density at radius 1 is 1.25 bits per heavy atom. The van der Waals surface area contributed by atoms with Crippen molar-refractivity contribution in [1.29, 1.82) is 0 Å². The average Bonchev–Trinajstić information content (AvgIpc) is 2.39. The quantitative estimate of drug-likeness (QED) is 0.808. The number of amides is 1. The molecule has 1 spiro atoms. The number of benzene rings is 1. The van der Waals surface area contributed by atoms with Crippen LogP contribution in [0.3, 0.4) is 0 Å². The van der Waals surface area contributed by atoms with Crippen molar-refractivity contribution in [2.45, 2.75) is 23.3 Å². The van der Waals surface area contributed by atoms with E-state index in [0.717, 1.165) is 6.26 Å². The number of anilines is 2. The fraction of sp³-hybridized carbons (Fsp3) is 0.462. The summed E-state index contributed by atoms with van der Waals surface area (Å²) in [6, 6.07) is 4.95. The molecule has 1 fully saturated rings. The Balaban J connectivity index is 2.07. The molecule has 0 saturated carbocycles. The zero-order valence-electron chi connectivity index (χ0n) is 11.1. The summed E-state index contributed by atoms with van der Waals surface area (Å²) >= 11 is 0. The summed E-state index contributed by atoms with van der Waals surface area (Å²) in [6.45, 7) is 1.03. The molecule has 1 aromatic rings. The van der Waals surface area contributed by atoms with Crippen LogP contribution in [0.15, 0.2) is 23.1 Å². The van der Waals surface area contributed by atoms with Crippen LogP contribution < -0.4 is 10.6 Å². The van der Waals surface area contributed by atoms with Crippen molar-refractivity contribution < 1.29 is 17.9 Å². The van der Waals surface area contributed by atoms with Crippen molar-refractivity contribution in [1.82, 2.24) is 0 Å². The van der Waals surface area contributed by atoms with Gasteiger partial charge < -0.3 is 15.4 Å². The van der Waals surface area contributed by atoms with Gasteiger partial charge in [-0.25, -0.2) is 8.42 Å². The van der Waals surface area contributed by atoms with Crippen LogP contribution >= 0.6 is 0 Å². The molecular formula is C13H16N2O4S. The molecule has 7 heteroatoms. The minimum Gasteiger partial charge on any atom is -0.381 e. The first-order chi connectivity index (χ1) is 9.42. The van der Waals surface area contributed by atoms with Gasteiger partial charge in [0.15, 0.2) is 9.84 Å². The zero-order chi connectivity index (χ0) is 14.4. The van der Waals surface area contributed by atoms with E-state index in [1.54, 1.807) is 12.1 Å². The van der Waals surface area contributed by atoms with E-state index in [9.17, 15) is 13.2 Å². The van der Waals surface area contributed by atoms with Crippen LogP contribution in [0.25, 0.3) is 0 Å². The van der Waals surface area contributed by atoms with E-state index in [2.05, 4.69) is 10.6 Å². The number of carbonyl (C=O) groups is 1. The molecule has 0 radical (unpaired) electrons. The maximum Gasteiger partial charge on any atom is 0.250 e. The van der Waals surface area contributed by atoms with Gasteiger partial charge in [-0.1, -0.05) is 6.07 Å². The van der Waals surface area contributed by atoms with Gasteiger partial charge in [-0.3, -0.25) is 4.79 Å². The number of rotatable bonds is 1. The molecule has 1 amide bonds. The highest BCUT2D eigenvalue weighted by Gasteiger charge is 2.44. The highest BCUT2D eigenvalue weighted by molar-refractivity contribution is 7.90. The SMILES string of the molecule is CS(=O)(=O)c1cccc2c1NC(=O)C1(CCOCC1)N2. The Hall–Kier alpha value is -1.60. The van der Waals surface area contributed by atoms with E-state index in [4.69, 9.17) is 4.74 Å². The number of sulfone groups is 1. The summed E-state index contributed by atoms with van der Waals surface area (Å²) in [6.07, 6.45) is 2.27. The molecule has 0 atom stereocenters. The van der Waals surface area contributed by atoms with Crippen molar-refractivity contribution in [3.05, 3.63) is 18.2 Å². The monoisotopic (exact) mass is 296 g/mol. The predicted molar refractivity (Wildman–Crippen MR) is 74.6 cm³/mol. The molecule has 0 aromatic heterocycles. The van der Waals surface area contributed by atoms with Crippen molar-refractivity contribution in [2.24, 2.45) is 0 Å². The smallest absolute Gasteiger partial charge is 0.250 e. The molecule has 0 bridgehead atoms. The third-order valence-electron chi connectivity index (χ3n) is 3.82. The average molecular weight is 296 g/mol. The largest absolute Gasteiger partial charge is 0.381 e. The van der Waals surface area contributed by atoms with Crippen LogP contribution in [0.4, 0.5) is 11.4 Å². The predicted octanol–water partition coefficient (Wildman–Crippen LogP) is 1.00. The highest BCUT2D eigenvalue weighted by Crippen LogP contribution is 2.39. The Morgan fingerprint density at radius 2 is 1.95 bits per heavy atom. The standard InChI is InChI=1S/C13H16N2O4S/c1-20(17,18)10-4-2-3-9-11(10)14-12(16)13(15-9)5-7-19-8-6-13/h2-4,15H,5-8H2,1H3,(H,14,16). The van der Waals surface area contributed by atoms with Crippen LogP contribution in [0, 0.1) is 0 Å². The van der Waals surface area contributed by atoms with Crippen LogP contribution in [-0.4, -0.2) is 39.3 Å². The van der Waals surface area contributed by atoms with Crippen molar-refractivity contribution in [3.8, 4) is 0 Å². The first kappa shape index (κ1) is 13.4. The van der Waals surface area contributed by atoms with Crippen molar-refractivity contribution in [3.63, 3.8) is 0 Å². The summed E-state index contributed by atoms with van der Waals surface area (Å²) in [7, 11) is -3.39. The summed E-state index contributed by atoms with van der Waals surface area (Å²) in [5.74, 6) is -0.190. The topological polar surface area (TPSA) is 84.5 Å². The third-order valence-corrected chi connectivity index (χ3v) is 4.96. The van der Waals surface area contributed by atoms with Crippen LogP contribution in [0.5, 0.6) is 0 Å². The number of hydrogen-bond donors (Lipinski definition) is 2. The number of para-hydroxylation sites is 1. The van der Waals surface area contributed by atoms with Gasteiger partial charge in [-0.15, -0.1) is 0 Å². The second-order valence-corrected chi connectivity index (χ2v) is 7.21. The number of nitrogens with one attached hydrogen (secondary N) is 2. The summed E-state index contributed by atoms with van der Waals surface area (Å²) in [4.78, 5) is 12.5. The molecule has 2 aliphatic rings. The summed E-state index contributed by atoms with van der Waals surface area (Å²) < 4.78 is 28.9. The van der Waals surface area contributed by atoms with Gasteiger partial charge in [-0.2, -0.15) is 0 Å². The van der Waals surface area contributed by atoms with E-state index in [0.29, 0.717) is 37.4 Å². The number of carbonyl (C=O) groups excluding carboxylic acids is 1.